The molecule has 1 unspecified atom stereocenters. The number of hydrogen-bond donors (Lipinski definition) is 0. The molecule has 0 radical (unpaired) electrons. The minimum absolute atomic E-state index is 0.296. The van der Waals surface area contributed by atoms with Gasteiger partial charge in [-0.25, -0.2) is 9.97 Å². The Morgan fingerprint density at radius 1 is 1.19 bits per heavy atom. The molecule has 1 aromatic carbocycles. The Morgan fingerprint density at radius 2 is 2.00 bits per heavy atom. The van der Waals surface area contributed by atoms with Crippen molar-refractivity contribution in [1.82, 2.24) is 19.1 Å². The zero-order chi connectivity index (χ0) is 17.7. The molecule has 0 aliphatic heterocycles. The lowest BCUT2D eigenvalue weighted by molar-refractivity contribution is 0.386. The standard InChI is InChI=1S/C18H13ClN4O2S/c19-17-16-13(14-8-15(25-22-14)11-6-7-11)9-23(18(16)21-10-20-17)26(24)12-4-2-1-3-5-12/h1-5,8-11H,6-7H2. The largest absolute Gasteiger partial charge is 0.587 e. The van der Waals surface area contributed by atoms with Crippen molar-refractivity contribution < 1.29 is 9.08 Å². The Kier molecular flexibility index (Phi) is 3.74. The molecule has 3 heterocycles. The van der Waals surface area contributed by atoms with Crippen LogP contribution in [-0.2, 0) is 11.4 Å². The minimum atomic E-state index is -1.46. The first-order valence-electron chi connectivity index (χ1n) is 8.18. The number of halogens is 1. The van der Waals surface area contributed by atoms with Crippen molar-refractivity contribution in [3.63, 3.8) is 0 Å². The van der Waals surface area contributed by atoms with E-state index in [1.165, 1.54) is 6.33 Å². The number of hydrogen-bond acceptors (Lipinski definition) is 5. The van der Waals surface area contributed by atoms with Gasteiger partial charge in [-0.05, 0) is 25.0 Å². The third-order valence-corrected chi connectivity index (χ3v) is 6.01. The molecule has 4 aromatic rings. The topological polar surface area (TPSA) is 79.8 Å². The maximum Gasteiger partial charge on any atom is 0.191 e. The summed E-state index contributed by atoms with van der Waals surface area (Å²) in [5.74, 6) is 1.33. The zero-order valence-electron chi connectivity index (χ0n) is 13.5. The smallest absolute Gasteiger partial charge is 0.191 e. The minimum Gasteiger partial charge on any atom is -0.587 e. The van der Waals surface area contributed by atoms with Crippen molar-refractivity contribution in [3.05, 3.63) is 59.8 Å². The molecule has 8 heteroatoms. The van der Waals surface area contributed by atoms with E-state index in [2.05, 4.69) is 15.1 Å². The van der Waals surface area contributed by atoms with E-state index >= 15 is 0 Å². The summed E-state index contributed by atoms with van der Waals surface area (Å²) in [6.07, 6.45) is 5.37. The monoisotopic (exact) mass is 384 g/mol. The summed E-state index contributed by atoms with van der Waals surface area (Å²) in [5, 5.41) is 5.10. The lowest BCUT2D eigenvalue weighted by atomic mass is 10.1. The summed E-state index contributed by atoms with van der Waals surface area (Å²) in [6, 6.07) is 11.1. The lowest BCUT2D eigenvalue weighted by Gasteiger charge is -2.10. The molecule has 1 saturated carbocycles. The molecule has 130 valence electrons. The van der Waals surface area contributed by atoms with Crippen molar-refractivity contribution in [2.45, 2.75) is 23.7 Å². The Balaban J connectivity index is 1.69. The second kappa shape index (κ2) is 6.12. The predicted molar refractivity (Wildman–Crippen MR) is 98.3 cm³/mol. The van der Waals surface area contributed by atoms with Crippen molar-refractivity contribution in [3.8, 4) is 11.3 Å². The normalized spacial score (nSPS) is 15.5. The molecule has 0 saturated heterocycles. The van der Waals surface area contributed by atoms with Gasteiger partial charge >= 0.3 is 0 Å². The number of rotatable bonds is 4. The number of benzene rings is 1. The van der Waals surface area contributed by atoms with Gasteiger partial charge in [0.15, 0.2) is 10.5 Å². The first-order valence-corrected chi connectivity index (χ1v) is 9.66. The van der Waals surface area contributed by atoms with Gasteiger partial charge in [-0.3, -0.25) is 0 Å². The highest BCUT2D eigenvalue weighted by atomic mass is 35.5. The van der Waals surface area contributed by atoms with Gasteiger partial charge in [-0.1, -0.05) is 35.0 Å². The summed E-state index contributed by atoms with van der Waals surface area (Å²) in [4.78, 5) is 9.05. The molecule has 0 N–H and O–H groups in total. The molecule has 0 amide bonds. The SMILES string of the molecule is [O-][S+](c1ccccc1)n1cc(-c2cc(C3CC3)on2)c2c(Cl)ncnc21. The fourth-order valence-electron chi connectivity index (χ4n) is 2.94. The average molecular weight is 385 g/mol. The zero-order valence-corrected chi connectivity index (χ0v) is 15.1. The van der Waals surface area contributed by atoms with Gasteiger partial charge in [-0.15, -0.1) is 3.97 Å². The third-order valence-electron chi connectivity index (χ3n) is 4.41. The molecule has 0 spiro atoms. The van der Waals surface area contributed by atoms with Crippen molar-refractivity contribution in [2.75, 3.05) is 0 Å². The molecule has 1 aliphatic rings. The summed E-state index contributed by atoms with van der Waals surface area (Å²) in [5.41, 5.74) is 1.86. The van der Waals surface area contributed by atoms with Gasteiger partial charge in [0.25, 0.3) is 0 Å². The maximum absolute atomic E-state index is 13.1. The van der Waals surface area contributed by atoms with E-state index in [0.717, 1.165) is 18.6 Å². The summed E-state index contributed by atoms with van der Waals surface area (Å²) >= 11 is 4.87. The average Bonchev–Trinajstić information content (AvgIpc) is 3.27. The number of fused-ring (bicyclic) bond motifs is 1. The van der Waals surface area contributed by atoms with Gasteiger partial charge in [-0.2, -0.15) is 0 Å². The highest BCUT2D eigenvalue weighted by Crippen LogP contribution is 2.42. The Bertz CT molecular complexity index is 1090. The fraction of sp³-hybridized carbons (Fsp3) is 0.167. The second-order valence-corrected chi connectivity index (χ2v) is 7.90. The highest BCUT2D eigenvalue weighted by molar-refractivity contribution is 7.90. The van der Waals surface area contributed by atoms with Crippen LogP contribution < -0.4 is 0 Å². The van der Waals surface area contributed by atoms with Crippen LogP contribution in [0.4, 0.5) is 0 Å². The van der Waals surface area contributed by atoms with E-state index in [1.54, 1.807) is 10.2 Å². The molecule has 1 atom stereocenters. The quantitative estimate of drug-likeness (QED) is 0.389. The van der Waals surface area contributed by atoms with Gasteiger partial charge in [0.1, 0.15) is 34.3 Å². The van der Waals surface area contributed by atoms with Crippen LogP contribution >= 0.6 is 11.6 Å². The van der Waals surface area contributed by atoms with Crippen LogP contribution in [-0.4, -0.2) is 23.6 Å². The molecular weight excluding hydrogens is 372 g/mol. The third kappa shape index (κ3) is 2.59. The van der Waals surface area contributed by atoms with E-state index in [9.17, 15) is 4.55 Å². The summed E-state index contributed by atoms with van der Waals surface area (Å²) in [6.45, 7) is 0. The van der Waals surface area contributed by atoms with E-state index in [-0.39, 0.29) is 0 Å². The highest BCUT2D eigenvalue weighted by Gasteiger charge is 2.30. The Hall–Kier alpha value is -2.35. The van der Waals surface area contributed by atoms with Crippen LogP contribution in [0.1, 0.15) is 24.5 Å². The molecular formula is C18H13ClN4O2S. The summed E-state index contributed by atoms with van der Waals surface area (Å²) < 4.78 is 20.1. The molecule has 3 aromatic heterocycles. The second-order valence-electron chi connectivity index (χ2n) is 6.18. The van der Waals surface area contributed by atoms with Crippen LogP contribution in [0.2, 0.25) is 5.15 Å². The maximum atomic E-state index is 13.1. The fourth-order valence-corrected chi connectivity index (χ4v) is 4.29. The molecule has 26 heavy (non-hydrogen) atoms. The van der Waals surface area contributed by atoms with E-state index in [4.69, 9.17) is 16.1 Å². The van der Waals surface area contributed by atoms with Gasteiger partial charge in [0.05, 0.1) is 11.6 Å². The predicted octanol–water partition coefficient (Wildman–Crippen LogP) is 4.19. The van der Waals surface area contributed by atoms with E-state index in [0.29, 0.717) is 38.3 Å². The first kappa shape index (κ1) is 15.9. The lowest BCUT2D eigenvalue weighted by Crippen LogP contribution is -2.12. The summed E-state index contributed by atoms with van der Waals surface area (Å²) in [7, 11) is 0. The van der Waals surface area contributed by atoms with Gasteiger partial charge in [0, 0.05) is 17.5 Å². The van der Waals surface area contributed by atoms with E-state index < -0.39 is 11.4 Å². The Labute approximate surface area is 157 Å². The van der Waals surface area contributed by atoms with Crippen molar-refractivity contribution >= 4 is 34.0 Å². The van der Waals surface area contributed by atoms with Crippen molar-refractivity contribution in [1.29, 1.82) is 0 Å². The molecule has 1 aliphatic carbocycles. The Morgan fingerprint density at radius 3 is 2.77 bits per heavy atom. The van der Waals surface area contributed by atoms with Gasteiger partial charge in [0.2, 0.25) is 0 Å². The van der Waals surface area contributed by atoms with Crippen LogP contribution in [0.3, 0.4) is 0 Å². The number of nitrogens with zero attached hydrogens (tertiary/aromatic N) is 4. The van der Waals surface area contributed by atoms with Crippen LogP contribution in [0.25, 0.3) is 22.3 Å². The first-order chi connectivity index (χ1) is 12.7. The van der Waals surface area contributed by atoms with Crippen LogP contribution in [0.15, 0.2) is 58.3 Å². The molecule has 5 rings (SSSR count). The van der Waals surface area contributed by atoms with E-state index in [1.807, 2.05) is 36.4 Å². The van der Waals surface area contributed by atoms with Gasteiger partial charge < -0.3 is 9.08 Å². The molecule has 1 fully saturated rings. The van der Waals surface area contributed by atoms with Crippen molar-refractivity contribution in [2.24, 2.45) is 0 Å². The van der Waals surface area contributed by atoms with Crippen LogP contribution in [0.5, 0.6) is 0 Å². The van der Waals surface area contributed by atoms with Crippen LogP contribution in [0, 0.1) is 0 Å². The molecule has 6 nitrogen and oxygen atoms in total. The molecule has 0 bridgehead atoms. The number of aromatic nitrogens is 4.